The Morgan fingerprint density at radius 3 is 2.55 bits per heavy atom. The first-order valence-corrected chi connectivity index (χ1v) is 10.7. The molecule has 1 aliphatic rings. The van der Waals surface area contributed by atoms with Crippen molar-refractivity contribution >= 4 is 18.0 Å². The van der Waals surface area contributed by atoms with Gasteiger partial charge < -0.3 is 20.1 Å². The number of carbonyl (C=O) groups is 3. The van der Waals surface area contributed by atoms with Crippen LogP contribution in [0.15, 0.2) is 24.3 Å². The van der Waals surface area contributed by atoms with Gasteiger partial charge in [-0.15, -0.1) is 0 Å². The Labute approximate surface area is 184 Å². The normalized spacial score (nSPS) is 14.7. The molecule has 2 amide bonds. The van der Waals surface area contributed by atoms with Gasteiger partial charge in [0.1, 0.15) is 11.6 Å². The first-order chi connectivity index (χ1) is 14.6. The van der Waals surface area contributed by atoms with Crippen LogP contribution >= 0.6 is 0 Å². The molecule has 0 aliphatic carbocycles. The molecule has 31 heavy (non-hydrogen) atoms. The molecule has 1 saturated heterocycles. The quantitative estimate of drug-likeness (QED) is 0.678. The monoisotopic (exact) mass is 428 g/mol. The maximum atomic E-state index is 13.1. The predicted molar refractivity (Wildman–Crippen MR) is 117 cm³/mol. The van der Waals surface area contributed by atoms with Crippen molar-refractivity contribution in [3.63, 3.8) is 0 Å². The highest BCUT2D eigenvalue weighted by atomic mass is 16.6. The molecule has 1 fully saturated rings. The third-order valence-corrected chi connectivity index (χ3v) is 4.72. The van der Waals surface area contributed by atoms with Crippen LogP contribution in [0.5, 0.6) is 0 Å². The average Bonchev–Trinajstić information content (AvgIpc) is 2.69. The number of benzene rings is 1. The first-order valence-electron chi connectivity index (χ1n) is 10.7. The largest absolute Gasteiger partial charge is 0.481 e. The van der Waals surface area contributed by atoms with Gasteiger partial charge in [0, 0.05) is 31.5 Å². The van der Waals surface area contributed by atoms with Crippen LogP contribution in [0.4, 0.5) is 4.79 Å². The lowest BCUT2D eigenvalue weighted by Gasteiger charge is -2.31. The number of rotatable bonds is 6. The molecule has 1 aromatic rings. The molecule has 7 heteroatoms. The predicted octanol–water partition coefficient (Wildman–Crippen LogP) is 3.35. The Bertz CT molecular complexity index is 842. The molecule has 0 radical (unpaired) electrons. The molecule has 1 atom stereocenters. The van der Waals surface area contributed by atoms with Gasteiger partial charge in [0.15, 0.2) is 0 Å². The minimum Gasteiger partial charge on any atom is -0.481 e. The highest BCUT2D eigenvalue weighted by Gasteiger charge is 2.29. The summed E-state index contributed by atoms with van der Waals surface area (Å²) in [6, 6.07) is 6.69. The van der Waals surface area contributed by atoms with Crippen molar-refractivity contribution in [1.29, 1.82) is 0 Å². The SMILES string of the molecule is CC(C)(C)OC(=O)N[C@@H](Cc1cccc(C#CCCC(=O)O)c1)C(=O)N1CCCCC1. The number of piperidine rings is 1. The van der Waals surface area contributed by atoms with Gasteiger partial charge in [-0.2, -0.15) is 0 Å². The maximum Gasteiger partial charge on any atom is 0.408 e. The van der Waals surface area contributed by atoms with E-state index in [0.29, 0.717) is 19.5 Å². The third kappa shape index (κ3) is 9.12. The fraction of sp³-hybridized carbons (Fsp3) is 0.542. The molecule has 168 valence electrons. The van der Waals surface area contributed by atoms with Crippen molar-refractivity contribution in [3.05, 3.63) is 35.4 Å². The van der Waals surface area contributed by atoms with Crippen LogP contribution in [0.2, 0.25) is 0 Å². The van der Waals surface area contributed by atoms with Crippen LogP contribution in [-0.4, -0.2) is 52.7 Å². The smallest absolute Gasteiger partial charge is 0.408 e. The van der Waals surface area contributed by atoms with E-state index >= 15 is 0 Å². The van der Waals surface area contributed by atoms with E-state index < -0.39 is 23.7 Å². The summed E-state index contributed by atoms with van der Waals surface area (Å²) in [6.07, 6.45) is 3.01. The number of amides is 2. The molecule has 0 spiro atoms. The number of carboxylic acids is 1. The summed E-state index contributed by atoms with van der Waals surface area (Å²) in [5.74, 6) is 4.82. The Morgan fingerprint density at radius 1 is 1.19 bits per heavy atom. The number of ether oxygens (including phenoxy) is 1. The summed E-state index contributed by atoms with van der Waals surface area (Å²) in [5, 5.41) is 11.5. The summed E-state index contributed by atoms with van der Waals surface area (Å²) >= 11 is 0. The maximum absolute atomic E-state index is 13.1. The minimum atomic E-state index is -0.879. The van der Waals surface area contributed by atoms with Crippen LogP contribution in [0.3, 0.4) is 0 Å². The molecule has 0 saturated carbocycles. The zero-order valence-corrected chi connectivity index (χ0v) is 18.6. The van der Waals surface area contributed by atoms with Gasteiger partial charge in [-0.25, -0.2) is 4.79 Å². The zero-order chi connectivity index (χ0) is 22.9. The number of alkyl carbamates (subject to hydrolysis) is 1. The van der Waals surface area contributed by atoms with E-state index in [1.807, 2.05) is 24.3 Å². The average molecular weight is 429 g/mol. The van der Waals surface area contributed by atoms with Gasteiger partial charge in [0.05, 0.1) is 6.42 Å². The molecule has 1 aromatic carbocycles. The van der Waals surface area contributed by atoms with Gasteiger partial charge in [0.2, 0.25) is 5.91 Å². The molecule has 2 rings (SSSR count). The highest BCUT2D eigenvalue weighted by molar-refractivity contribution is 5.86. The number of hydrogen-bond acceptors (Lipinski definition) is 4. The second-order valence-corrected chi connectivity index (χ2v) is 8.68. The molecule has 7 nitrogen and oxygen atoms in total. The lowest BCUT2D eigenvalue weighted by molar-refractivity contribution is -0.137. The Hall–Kier alpha value is -3.01. The number of likely N-dealkylation sites (tertiary alicyclic amines) is 1. The Morgan fingerprint density at radius 2 is 1.90 bits per heavy atom. The molecule has 0 aromatic heterocycles. The number of carbonyl (C=O) groups excluding carboxylic acids is 2. The van der Waals surface area contributed by atoms with Crippen molar-refractivity contribution in [1.82, 2.24) is 10.2 Å². The van der Waals surface area contributed by atoms with E-state index in [1.54, 1.807) is 25.7 Å². The third-order valence-electron chi connectivity index (χ3n) is 4.72. The number of hydrogen-bond donors (Lipinski definition) is 2. The highest BCUT2D eigenvalue weighted by Crippen LogP contribution is 2.15. The number of nitrogens with one attached hydrogen (secondary N) is 1. The van der Waals surface area contributed by atoms with Crippen molar-refractivity contribution in [2.45, 2.75) is 70.9 Å². The zero-order valence-electron chi connectivity index (χ0n) is 18.6. The second kappa shape index (κ2) is 11.4. The summed E-state index contributed by atoms with van der Waals surface area (Å²) in [4.78, 5) is 37.9. The topological polar surface area (TPSA) is 95.9 Å². The molecule has 2 N–H and O–H groups in total. The molecule has 1 aliphatic heterocycles. The lowest BCUT2D eigenvalue weighted by atomic mass is 10.0. The van der Waals surface area contributed by atoms with Crippen molar-refractivity contribution in [2.75, 3.05) is 13.1 Å². The van der Waals surface area contributed by atoms with E-state index in [1.165, 1.54) is 0 Å². The Kier molecular flexibility index (Phi) is 8.92. The standard InChI is InChI=1S/C24H32N2O5/c1-24(2,3)31-23(30)25-20(22(29)26-14-7-4-8-15-26)17-19-12-9-11-18(16-19)10-5-6-13-21(27)28/h9,11-12,16,20H,4,6-8,13-15,17H2,1-3H3,(H,25,30)(H,27,28)/t20-/m0/s1. The molecular formula is C24H32N2O5. The van der Waals surface area contributed by atoms with E-state index in [-0.39, 0.29) is 18.7 Å². The van der Waals surface area contributed by atoms with Crippen LogP contribution in [0.1, 0.15) is 64.0 Å². The van der Waals surface area contributed by atoms with Crippen molar-refractivity contribution < 1.29 is 24.2 Å². The van der Waals surface area contributed by atoms with E-state index in [0.717, 1.165) is 30.4 Å². The van der Waals surface area contributed by atoms with Gasteiger partial charge >= 0.3 is 12.1 Å². The molecular weight excluding hydrogens is 396 g/mol. The minimum absolute atomic E-state index is 0.00108. The molecule has 0 bridgehead atoms. The van der Waals surface area contributed by atoms with Crippen molar-refractivity contribution in [3.8, 4) is 11.8 Å². The van der Waals surface area contributed by atoms with Gasteiger partial charge in [0.25, 0.3) is 0 Å². The second-order valence-electron chi connectivity index (χ2n) is 8.68. The number of carboxylic acid groups (broad SMARTS) is 1. The van der Waals surface area contributed by atoms with Gasteiger partial charge in [-0.1, -0.05) is 24.0 Å². The van der Waals surface area contributed by atoms with Crippen LogP contribution in [-0.2, 0) is 20.7 Å². The van der Waals surface area contributed by atoms with Crippen LogP contribution < -0.4 is 5.32 Å². The van der Waals surface area contributed by atoms with E-state index in [4.69, 9.17) is 9.84 Å². The van der Waals surface area contributed by atoms with Crippen molar-refractivity contribution in [2.24, 2.45) is 0 Å². The molecule has 1 heterocycles. The van der Waals surface area contributed by atoms with E-state index in [9.17, 15) is 14.4 Å². The van der Waals surface area contributed by atoms with Gasteiger partial charge in [-0.05, 0) is 57.7 Å². The summed E-state index contributed by atoms with van der Waals surface area (Å²) in [5.41, 5.74) is 0.939. The summed E-state index contributed by atoms with van der Waals surface area (Å²) in [6.45, 7) is 6.72. The van der Waals surface area contributed by atoms with Crippen LogP contribution in [0, 0.1) is 11.8 Å². The summed E-state index contributed by atoms with van der Waals surface area (Å²) < 4.78 is 5.36. The number of aliphatic carboxylic acids is 1. The Balaban J connectivity index is 2.14. The fourth-order valence-electron chi connectivity index (χ4n) is 3.33. The summed E-state index contributed by atoms with van der Waals surface area (Å²) in [7, 11) is 0. The first kappa shape index (κ1) is 24.3. The fourth-order valence-corrected chi connectivity index (χ4v) is 3.33. The molecule has 0 unspecified atom stereocenters. The lowest BCUT2D eigenvalue weighted by Crippen LogP contribution is -2.51. The van der Waals surface area contributed by atoms with Crippen LogP contribution in [0.25, 0.3) is 0 Å². The number of nitrogens with zero attached hydrogens (tertiary/aromatic N) is 1. The van der Waals surface area contributed by atoms with Gasteiger partial charge in [-0.3, -0.25) is 9.59 Å². The van der Waals surface area contributed by atoms with E-state index in [2.05, 4.69) is 17.2 Å².